The number of rotatable bonds is 3. The number of nitrogens with zero attached hydrogens (tertiary/aromatic N) is 1. The Morgan fingerprint density at radius 2 is 2.16 bits per heavy atom. The largest absolute Gasteiger partial charge is 0.466 e. The predicted octanol–water partition coefficient (Wildman–Crippen LogP) is 4.51. The summed E-state index contributed by atoms with van der Waals surface area (Å²) in [6.07, 6.45) is 3.50. The summed E-state index contributed by atoms with van der Waals surface area (Å²) in [5.74, 6) is 0.887. The molecular weight excluding hydrogens is 304 g/mol. The van der Waals surface area contributed by atoms with Crippen molar-refractivity contribution in [2.24, 2.45) is 0 Å². The molecule has 1 aromatic carbocycles. The van der Waals surface area contributed by atoms with Crippen LogP contribution in [0.25, 0.3) is 10.9 Å². The number of aromatic nitrogens is 1. The summed E-state index contributed by atoms with van der Waals surface area (Å²) in [5.41, 5.74) is 3.28. The third-order valence-corrected chi connectivity index (χ3v) is 3.81. The van der Waals surface area contributed by atoms with Crippen LogP contribution in [0.2, 0.25) is 0 Å². The molecule has 3 nitrogen and oxygen atoms in total. The molecule has 3 aromatic rings. The monoisotopic (exact) mass is 316 g/mol. The van der Waals surface area contributed by atoms with Crippen LogP contribution in [0.1, 0.15) is 11.3 Å². The van der Waals surface area contributed by atoms with Crippen molar-refractivity contribution in [1.82, 2.24) is 4.98 Å². The maximum absolute atomic E-state index is 5.40. The van der Waals surface area contributed by atoms with Crippen LogP contribution in [0, 0.1) is 6.92 Å². The van der Waals surface area contributed by atoms with Gasteiger partial charge in [0, 0.05) is 17.3 Å². The summed E-state index contributed by atoms with van der Waals surface area (Å²) in [5, 5.41) is 4.52. The molecule has 0 unspecified atom stereocenters. The van der Waals surface area contributed by atoms with Gasteiger partial charge < -0.3 is 9.73 Å². The van der Waals surface area contributed by atoms with Crippen molar-refractivity contribution in [2.45, 2.75) is 13.5 Å². The molecule has 4 heteroatoms. The van der Waals surface area contributed by atoms with Gasteiger partial charge in [-0.15, -0.1) is 0 Å². The van der Waals surface area contributed by atoms with Crippen molar-refractivity contribution in [3.05, 3.63) is 58.6 Å². The molecule has 2 heterocycles. The van der Waals surface area contributed by atoms with Crippen molar-refractivity contribution >= 4 is 32.5 Å². The highest BCUT2D eigenvalue weighted by Gasteiger charge is 2.06. The number of hydrogen-bond donors (Lipinski definition) is 1. The average Bonchev–Trinajstić information content (AvgIpc) is 2.84. The Morgan fingerprint density at radius 1 is 1.26 bits per heavy atom. The summed E-state index contributed by atoms with van der Waals surface area (Å²) in [6, 6.07) is 10.1. The lowest BCUT2D eigenvalue weighted by Crippen LogP contribution is -2.00. The molecule has 2 aromatic heterocycles. The van der Waals surface area contributed by atoms with E-state index < -0.39 is 0 Å². The molecule has 0 aliphatic carbocycles. The minimum absolute atomic E-state index is 0.640. The second kappa shape index (κ2) is 5.05. The Kier molecular flexibility index (Phi) is 3.25. The van der Waals surface area contributed by atoms with Crippen molar-refractivity contribution in [2.75, 3.05) is 5.32 Å². The smallest absolute Gasteiger partial charge is 0.136 e. The Labute approximate surface area is 119 Å². The number of fused-ring (bicyclic) bond motifs is 1. The van der Waals surface area contributed by atoms with Gasteiger partial charge in [-0.25, -0.2) is 0 Å². The molecule has 0 radical (unpaired) electrons. The van der Waals surface area contributed by atoms with E-state index in [0.717, 1.165) is 26.8 Å². The zero-order valence-corrected chi connectivity index (χ0v) is 12.1. The quantitative estimate of drug-likeness (QED) is 0.772. The standard InChI is InChI=1S/C15H13BrN2O/c1-10-4-5-13(11-3-2-7-17-15(10)11)18-9-14-12(16)6-8-19-14/h2-8,18H,9H2,1H3. The molecule has 0 bridgehead atoms. The number of anilines is 1. The summed E-state index contributed by atoms with van der Waals surface area (Å²) in [4.78, 5) is 4.43. The zero-order chi connectivity index (χ0) is 13.2. The van der Waals surface area contributed by atoms with Gasteiger partial charge in [0.2, 0.25) is 0 Å². The fourth-order valence-corrected chi connectivity index (χ4v) is 2.44. The van der Waals surface area contributed by atoms with Gasteiger partial charge >= 0.3 is 0 Å². The van der Waals surface area contributed by atoms with Gasteiger partial charge in [-0.05, 0) is 52.7 Å². The molecule has 0 saturated carbocycles. The normalized spacial score (nSPS) is 10.8. The van der Waals surface area contributed by atoms with E-state index in [1.165, 1.54) is 5.56 Å². The molecular formula is C15H13BrN2O. The summed E-state index contributed by atoms with van der Waals surface area (Å²) < 4.78 is 6.38. The first-order chi connectivity index (χ1) is 9.25. The van der Waals surface area contributed by atoms with Gasteiger partial charge in [-0.3, -0.25) is 4.98 Å². The molecule has 1 N–H and O–H groups in total. The second-order valence-electron chi connectivity index (χ2n) is 4.37. The van der Waals surface area contributed by atoms with Crippen molar-refractivity contribution in [1.29, 1.82) is 0 Å². The van der Waals surface area contributed by atoms with Crippen LogP contribution < -0.4 is 5.32 Å². The lowest BCUT2D eigenvalue weighted by molar-refractivity contribution is 0.516. The molecule has 0 aliphatic rings. The van der Waals surface area contributed by atoms with E-state index in [1.807, 2.05) is 18.3 Å². The first-order valence-corrected chi connectivity index (χ1v) is 6.85. The maximum atomic E-state index is 5.40. The molecule has 19 heavy (non-hydrogen) atoms. The van der Waals surface area contributed by atoms with Crippen LogP contribution in [0.15, 0.2) is 51.7 Å². The number of hydrogen-bond acceptors (Lipinski definition) is 3. The SMILES string of the molecule is Cc1ccc(NCc2occc2Br)c2cccnc12. The van der Waals surface area contributed by atoms with Crippen LogP contribution in [0.4, 0.5) is 5.69 Å². The zero-order valence-electron chi connectivity index (χ0n) is 10.5. The highest BCUT2D eigenvalue weighted by molar-refractivity contribution is 9.10. The number of nitrogens with one attached hydrogen (secondary N) is 1. The minimum Gasteiger partial charge on any atom is -0.466 e. The van der Waals surface area contributed by atoms with Crippen LogP contribution in [-0.4, -0.2) is 4.98 Å². The molecule has 0 amide bonds. The van der Waals surface area contributed by atoms with E-state index in [0.29, 0.717) is 6.54 Å². The number of furan rings is 1. The Morgan fingerprint density at radius 3 is 2.95 bits per heavy atom. The Balaban J connectivity index is 1.93. The third kappa shape index (κ3) is 2.36. The molecule has 0 fully saturated rings. The van der Waals surface area contributed by atoms with Crippen LogP contribution in [0.3, 0.4) is 0 Å². The van der Waals surface area contributed by atoms with Crippen molar-refractivity contribution < 1.29 is 4.42 Å². The van der Waals surface area contributed by atoms with E-state index in [4.69, 9.17) is 4.42 Å². The van der Waals surface area contributed by atoms with E-state index in [9.17, 15) is 0 Å². The topological polar surface area (TPSA) is 38.1 Å². The van der Waals surface area contributed by atoms with E-state index in [-0.39, 0.29) is 0 Å². The number of aryl methyl sites for hydroxylation is 1. The highest BCUT2D eigenvalue weighted by atomic mass is 79.9. The first-order valence-electron chi connectivity index (χ1n) is 6.06. The fourth-order valence-electron chi connectivity index (χ4n) is 2.09. The fraction of sp³-hybridized carbons (Fsp3) is 0.133. The number of halogens is 1. The number of pyridine rings is 1. The highest BCUT2D eigenvalue weighted by Crippen LogP contribution is 2.26. The molecule has 96 valence electrons. The van der Waals surface area contributed by atoms with E-state index in [1.54, 1.807) is 6.26 Å². The van der Waals surface area contributed by atoms with Gasteiger partial charge in [-0.2, -0.15) is 0 Å². The van der Waals surface area contributed by atoms with Gasteiger partial charge in [0.05, 0.1) is 22.8 Å². The van der Waals surface area contributed by atoms with Crippen LogP contribution in [0.5, 0.6) is 0 Å². The predicted molar refractivity (Wildman–Crippen MR) is 80.2 cm³/mol. The maximum Gasteiger partial charge on any atom is 0.136 e. The van der Waals surface area contributed by atoms with Gasteiger partial charge in [-0.1, -0.05) is 6.07 Å². The number of benzene rings is 1. The van der Waals surface area contributed by atoms with Crippen molar-refractivity contribution in [3.8, 4) is 0 Å². The summed E-state index contributed by atoms with van der Waals surface area (Å²) in [7, 11) is 0. The average molecular weight is 317 g/mol. The molecule has 0 atom stereocenters. The van der Waals surface area contributed by atoms with E-state index >= 15 is 0 Å². The van der Waals surface area contributed by atoms with Crippen LogP contribution in [-0.2, 0) is 6.54 Å². The third-order valence-electron chi connectivity index (χ3n) is 3.10. The Bertz CT molecular complexity index is 721. The summed E-state index contributed by atoms with van der Waals surface area (Å²) >= 11 is 3.46. The Hall–Kier alpha value is -1.81. The lowest BCUT2D eigenvalue weighted by atomic mass is 10.1. The summed E-state index contributed by atoms with van der Waals surface area (Å²) in [6.45, 7) is 2.71. The molecule has 0 saturated heterocycles. The first kappa shape index (κ1) is 12.2. The van der Waals surface area contributed by atoms with Gasteiger partial charge in [0.15, 0.2) is 0 Å². The molecule has 3 rings (SSSR count). The molecule has 0 aliphatic heterocycles. The van der Waals surface area contributed by atoms with Crippen LogP contribution >= 0.6 is 15.9 Å². The van der Waals surface area contributed by atoms with E-state index in [2.05, 4.69) is 51.4 Å². The van der Waals surface area contributed by atoms with Gasteiger partial charge in [0.25, 0.3) is 0 Å². The van der Waals surface area contributed by atoms with Crippen molar-refractivity contribution in [3.63, 3.8) is 0 Å². The molecule has 0 spiro atoms. The lowest BCUT2D eigenvalue weighted by Gasteiger charge is -2.10. The second-order valence-corrected chi connectivity index (χ2v) is 5.23. The van der Waals surface area contributed by atoms with Gasteiger partial charge in [0.1, 0.15) is 5.76 Å². The minimum atomic E-state index is 0.640.